The average Bonchev–Trinajstić information content (AvgIpc) is 2.98. The Balaban J connectivity index is 1.80. The molecule has 3 N–H and O–H groups in total. The van der Waals surface area contributed by atoms with Crippen LogP contribution in [0.1, 0.15) is 5.56 Å². The lowest BCUT2D eigenvalue weighted by atomic mass is 9.80. The summed E-state index contributed by atoms with van der Waals surface area (Å²) in [5.74, 6) is 0.527. The third kappa shape index (κ3) is 3.14. The fraction of sp³-hybridized carbons (Fsp3) is 0.0769. The Hall–Kier alpha value is -2.56. The van der Waals surface area contributed by atoms with Gasteiger partial charge in [0.05, 0.1) is 10.3 Å². The summed E-state index contributed by atoms with van der Waals surface area (Å²) in [6, 6.07) is 6.76. The van der Waals surface area contributed by atoms with Gasteiger partial charge < -0.3 is 15.4 Å². The summed E-state index contributed by atoms with van der Waals surface area (Å²) in [6.45, 7) is 0.444. The summed E-state index contributed by atoms with van der Waals surface area (Å²) in [5.41, 5.74) is 1.60. The Labute approximate surface area is 134 Å². The molecule has 0 saturated heterocycles. The van der Waals surface area contributed by atoms with Crippen LogP contribution in [0.4, 0.5) is 11.5 Å². The molecule has 0 aliphatic rings. The van der Waals surface area contributed by atoms with Crippen molar-refractivity contribution in [3.8, 4) is 0 Å². The fourth-order valence-corrected chi connectivity index (χ4v) is 3.02. The zero-order valence-corrected chi connectivity index (χ0v) is 12.5. The Morgan fingerprint density at radius 2 is 2.00 bits per heavy atom. The molecule has 2 heterocycles. The van der Waals surface area contributed by atoms with E-state index in [1.54, 1.807) is 24.3 Å². The van der Waals surface area contributed by atoms with Gasteiger partial charge in [-0.25, -0.2) is 9.97 Å². The van der Waals surface area contributed by atoms with Gasteiger partial charge in [-0.05, 0) is 11.0 Å². The first-order valence-electron chi connectivity index (χ1n) is 6.61. The summed E-state index contributed by atoms with van der Waals surface area (Å²) in [6.07, 6.45) is 1.29. The van der Waals surface area contributed by atoms with Crippen LogP contribution < -0.4 is 10.8 Å². The highest BCUT2D eigenvalue weighted by Crippen LogP contribution is 2.33. The fourth-order valence-electron chi connectivity index (χ4n) is 2.09. The van der Waals surface area contributed by atoms with Crippen molar-refractivity contribution < 1.29 is 15.0 Å². The molecular formula is C13H11BN4O4S. The van der Waals surface area contributed by atoms with E-state index in [0.29, 0.717) is 28.0 Å². The van der Waals surface area contributed by atoms with Crippen LogP contribution in [0.25, 0.3) is 10.2 Å². The van der Waals surface area contributed by atoms with Crippen molar-refractivity contribution in [1.29, 1.82) is 0 Å². The number of thiophene rings is 1. The van der Waals surface area contributed by atoms with Gasteiger partial charge in [-0.1, -0.05) is 24.3 Å². The molecule has 10 heteroatoms. The first-order valence-corrected chi connectivity index (χ1v) is 7.49. The molecule has 0 saturated carbocycles. The van der Waals surface area contributed by atoms with Crippen molar-refractivity contribution in [2.45, 2.75) is 6.54 Å². The van der Waals surface area contributed by atoms with Gasteiger partial charge in [0.15, 0.2) is 5.52 Å². The van der Waals surface area contributed by atoms with Crippen LogP contribution in [-0.4, -0.2) is 32.1 Å². The van der Waals surface area contributed by atoms with E-state index in [0.717, 1.165) is 5.56 Å². The highest BCUT2D eigenvalue weighted by Gasteiger charge is 2.18. The molecule has 8 nitrogen and oxygen atoms in total. The predicted molar refractivity (Wildman–Crippen MR) is 87.7 cm³/mol. The molecule has 0 aliphatic heterocycles. The monoisotopic (exact) mass is 330 g/mol. The molecule has 0 amide bonds. The van der Waals surface area contributed by atoms with Crippen LogP contribution in [0, 0.1) is 10.1 Å². The van der Waals surface area contributed by atoms with E-state index in [9.17, 15) is 10.1 Å². The quantitative estimate of drug-likeness (QED) is 0.361. The first-order chi connectivity index (χ1) is 11.1. The lowest BCUT2D eigenvalue weighted by Crippen LogP contribution is -2.29. The van der Waals surface area contributed by atoms with E-state index < -0.39 is 12.0 Å². The molecule has 3 rings (SSSR count). The molecule has 0 spiro atoms. The minimum atomic E-state index is -1.50. The van der Waals surface area contributed by atoms with E-state index in [2.05, 4.69) is 15.3 Å². The topological polar surface area (TPSA) is 121 Å². The van der Waals surface area contributed by atoms with Crippen molar-refractivity contribution in [2.24, 2.45) is 0 Å². The number of hydrogen-bond acceptors (Lipinski definition) is 8. The Morgan fingerprint density at radius 1 is 1.26 bits per heavy atom. The van der Waals surface area contributed by atoms with Crippen LogP contribution >= 0.6 is 11.3 Å². The van der Waals surface area contributed by atoms with Gasteiger partial charge in [0.2, 0.25) is 0 Å². The average molecular weight is 330 g/mol. The molecule has 0 fully saturated rings. The second kappa shape index (κ2) is 6.28. The van der Waals surface area contributed by atoms with Gasteiger partial charge in [-0.2, -0.15) is 0 Å². The molecule has 0 bridgehead atoms. The normalized spacial score (nSPS) is 10.7. The van der Waals surface area contributed by atoms with E-state index in [1.165, 1.54) is 23.0 Å². The van der Waals surface area contributed by atoms with Crippen LogP contribution in [0.15, 0.2) is 36.0 Å². The molecular weight excluding hydrogens is 319 g/mol. The number of benzene rings is 1. The second-order valence-corrected chi connectivity index (χ2v) is 5.63. The Morgan fingerprint density at radius 3 is 2.65 bits per heavy atom. The van der Waals surface area contributed by atoms with Crippen molar-refractivity contribution in [1.82, 2.24) is 9.97 Å². The molecule has 0 atom stereocenters. The lowest BCUT2D eigenvalue weighted by Gasteiger charge is -2.07. The number of fused-ring (bicyclic) bond motifs is 1. The number of aromatic nitrogens is 2. The lowest BCUT2D eigenvalue weighted by molar-refractivity contribution is -0.382. The summed E-state index contributed by atoms with van der Waals surface area (Å²) in [4.78, 5) is 18.6. The van der Waals surface area contributed by atoms with Gasteiger partial charge in [0, 0.05) is 6.54 Å². The summed E-state index contributed by atoms with van der Waals surface area (Å²) in [7, 11) is -1.50. The standard InChI is InChI=1S/C13H11BN4O4S/c19-14(20)9-3-1-8(2-4-9)5-15-13-12-11(16-7-17-13)10(6-23-12)18(21)22/h1-4,6-7,19-20H,5H2,(H,15,16,17). The maximum atomic E-state index is 10.9. The predicted octanol–water partition coefficient (Wildman–Crippen LogP) is 0.891. The van der Waals surface area contributed by atoms with Gasteiger partial charge in [0.1, 0.15) is 16.8 Å². The van der Waals surface area contributed by atoms with E-state index >= 15 is 0 Å². The van der Waals surface area contributed by atoms with Gasteiger partial charge in [-0.15, -0.1) is 11.3 Å². The van der Waals surface area contributed by atoms with Crippen LogP contribution in [0.3, 0.4) is 0 Å². The Bertz CT molecular complexity index is 853. The molecule has 0 aliphatic carbocycles. The maximum Gasteiger partial charge on any atom is 0.488 e. The zero-order valence-electron chi connectivity index (χ0n) is 11.7. The van der Waals surface area contributed by atoms with E-state index in [1.807, 2.05) is 0 Å². The van der Waals surface area contributed by atoms with Gasteiger partial charge in [0.25, 0.3) is 0 Å². The van der Waals surface area contributed by atoms with Crippen LogP contribution in [0.5, 0.6) is 0 Å². The SMILES string of the molecule is O=[N+]([O-])c1csc2c(NCc3ccc(B(O)O)cc3)ncnc12. The molecule has 2 aromatic heterocycles. The van der Waals surface area contributed by atoms with E-state index in [4.69, 9.17) is 10.0 Å². The second-order valence-electron chi connectivity index (χ2n) is 4.75. The third-order valence-corrected chi connectivity index (χ3v) is 4.23. The molecule has 1 aromatic carbocycles. The van der Waals surface area contributed by atoms with Crippen molar-refractivity contribution in [3.63, 3.8) is 0 Å². The first kappa shape index (κ1) is 15.3. The van der Waals surface area contributed by atoms with Crippen molar-refractivity contribution in [2.75, 3.05) is 5.32 Å². The minimum Gasteiger partial charge on any atom is -0.423 e. The number of rotatable bonds is 5. The van der Waals surface area contributed by atoms with Gasteiger partial charge in [-0.3, -0.25) is 10.1 Å². The summed E-state index contributed by atoms with van der Waals surface area (Å²) < 4.78 is 0.626. The number of nitrogens with one attached hydrogen (secondary N) is 1. The molecule has 23 heavy (non-hydrogen) atoms. The minimum absolute atomic E-state index is 0.0308. The number of hydrogen-bond donors (Lipinski definition) is 3. The van der Waals surface area contributed by atoms with Crippen LogP contribution in [0.2, 0.25) is 0 Å². The Kier molecular flexibility index (Phi) is 4.19. The molecule has 0 unspecified atom stereocenters. The number of nitrogens with zero attached hydrogens (tertiary/aromatic N) is 3. The highest BCUT2D eigenvalue weighted by molar-refractivity contribution is 7.18. The summed E-state index contributed by atoms with van der Waals surface area (Å²) >= 11 is 1.22. The van der Waals surface area contributed by atoms with Crippen molar-refractivity contribution >= 4 is 45.6 Å². The van der Waals surface area contributed by atoms with Gasteiger partial charge >= 0.3 is 12.8 Å². The van der Waals surface area contributed by atoms with Crippen molar-refractivity contribution in [3.05, 3.63) is 51.7 Å². The molecule has 3 aromatic rings. The number of nitro groups is 1. The summed E-state index contributed by atoms with van der Waals surface area (Å²) in [5, 5.41) is 33.6. The highest BCUT2D eigenvalue weighted by atomic mass is 32.1. The number of anilines is 1. The molecule has 116 valence electrons. The van der Waals surface area contributed by atoms with Crippen LogP contribution in [-0.2, 0) is 6.54 Å². The smallest absolute Gasteiger partial charge is 0.423 e. The van der Waals surface area contributed by atoms with E-state index in [-0.39, 0.29) is 5.69 Å². The maximum absolute atomic E-state index is 10.9. The zero-order chi connectivity index (χ0) is 16.4. The third-order valence-electron chi connectivity index (χ3n) is 3.27. The molecule has 0 radical (unpaired) electrons. The largest absolute Gasteiger partial charge is 0.488 e.